The molecule has 2 amide bonds. The molecular weight excluding hydrogens is 504 g/mol. The largest absolute Gasteiger partial charge is 0.458 e. The molecule has 0 radical (unpaired) electrons. The molecule has 0 unspecified atom stereocenters. The summed E-state index contributed by atoms with van der Waals surface area (Å²) in [5, 5.41) is 6.87. The highest BCUT2D eigenvalue weighted by atomic mass is 35.5. The lowest BCUT2D eigenvalue weighted by Crippen LogP contribution is -2.29. The van der Waals surface area contributed by atoms with E-state index in [2.05, 4.69) is 10.6 Å². The first-order valence-electron chi connectivity index (χ1n) is 12.1. The van der Waals surface area contributed by atoms with Crippen LogP contribution in [0.25, 0.3) is 11.3 Å². The van der Waals surface area contributed by atoms with E-state index in [1.54, 1.807) is 30.1 Å². The Morgan fingerprint density at radius 2 is 1.68 bits per heavy atom. The van der Waals surface area contributed by atoms with Crippen molar-refractivity contribution in [1.82, 2.24) is 4.90 Å². The average molecular weight is 531 g/mol. The van der Waals surface area contributed by atoms with Crippen molar-refractivity contribution in [1.29, 1.82) is 0 Å². The monoisotopic (exact) mass is 530 g/mol. The molecule has 3 aromatic carbocycles. The Morgan fingerprint density at radius 1 is 0.947 bits per heavy atom. The van der Waals surface area contributed by atoms with E-state index in [4.69, 9.17) is 21.1 Å². The smallest absolute Gasteiger partial charge is 0.258 e. The van der Waals surface area contributed by atoms with Gasteiger partial charge in [-0.1, -0.05) is 17.7 Å². The van der Waals surface area contributed by atoms with Gasteiger partial charge < -0.3 is 29.9 Å². The van der Waals surface area contributed by atoms with E-state index in [9.17, 15) is 9.59 Å². The lowest BCUT2D eigenvalue weighted by Gasteiger charge is -2.20. The number of nitrogens with one attached hydrogen (secondary N) is 2. The summed E-state index contributed by atoms with van der Waals surface area (Å²) in [7, 11) is 5.65. The predicted molar refractivity (Wildman–Crippen MR) is 150 cm³/mol. The molecule has 3 aromatic rings. The normalized spacial score (nSPS) is 14.7. The minimum atomic E-state index is -0.248. The van der Waals surface area contributed by atoms with Gasteiger partial charge in [-0.3, -0.25) is 9.59 Å². The summed E-state index contributed by atoms with van der Waals surface area (Å²) in [4.78, 5) is 29.4. The maximum absolute atomic E-state index is 13.2. The van der Waals surface area contributed by atoms with Crippen LogP contribution < -0.4 is 25.0 Å². The molecule has 5 rings (SSSR count). The van der Waals surface area contributed by atoms with Crippen molar-refractivity contribution in [2.75, 3.05) is 43.2 Å². The number of hydrogen-bond acceptors (Lipinski definition) is 6. The molecular formula is C29H27ClN4O4. The van der Waals surface area contributed by atoms with Crippen LogP contribution in [0, 0.1) is 0 Å². The molecule has 0 atom stereocenters. The zero-order valence-electron chi connectivity index (χ0n) is 21.2. The molecule has 0 saturated carbocycles. The van der Waals surface area contributed by atoms with Crippen LogP contribution in [0.4, 0.5) is 17.1 Å². The highest BCUT2D eigenvalue weighted by Crippen LogP contribution is 2.41. The number of carbonyl (C=O) groups is 2. The van der Waals surface area contributed by atoms with Crippen LogP contribution in [0.1, 0.15) is 17.5 Å². The second-order valence-electron chi connectivity index (χ2n) is 9.24. The number of hydrogen-bond donors (Lipinski definition) is 2. The minimum absolute atomic E-state index is 0.0328. The molecule has 2 aliphatic rings. The lowest BCUT2D eigenvalue weighted by molar-refractivity contribution is -0.118. The first kappa shape index (κ1) is 25.4. The summed E-state index contributed by atoms with van der Waals surface area (Å²) >= 11 is 6.17. The van der Waals surface area contributed by atoms with Gasteiger partial charge in [-0.25, -0.2) is 0 Å². The summed E-state index contributed by atoms with van der Waals surface area (Å²) in [6.45, 7) is 0.680. The van der Waals surface area contributed by atoms with Crippen LogP contribution >= 0.6 is 11.6 Å². The van der Waals surface area contributed by atoms with Gasteiger partial charge in [0.1, 0.15) is 12.5 Å². The maximum atomic E-state index is 13.2. The van der Waals surface area contributed by atoms with Gasteiger partial charge in [-0.05, 0) is 68.7 Å². The number of rotatable bonds is 7. The van der Waals surface area contributed by atoms with E-state index in [0.717, 1.165) is 22.5 Å². The summed E-state index contributed by atoms with van der Waals surface area (Å²) in [5.74, 6) is 0.899. The van der Waals surface area contributed by atoms with E-state index < -0.39 is 0 Å². The van der Waals surface area contributed by atoms with Crippen molar-refractivity contribution < 1.29 is 19.1 Å². The zero-order valence-corrected chi connectivity index (χ0v) is 22.0. The molecule has 2 aliphatic heterocycles. The van der Waals surface area contributed by atoms with Crippen molar-refractivity contribution >= 4 is 51.7 Å². The Hall–Kier alpha value is -4.27. The van der Waals surface area contributed by atoms with Gasteiger partial charge >= 0.3 is 0 Å². The Kier molecular flexibility index (Phi) is 7.09. The fraction of sp³-hybridized carbons (Fsp3) is 0.172. The standard InChI is InChI=1S/C29H27ClN4O4/c1-33(2)13-12-26(35)34(3)21-8-6-20(7-9-21)31-28(18-4-11-24-25(16-18)38-15-14-37-24)27-22-10-5-19(30)17-23(22)32-29(27)36/h4-11,14-17,31H,12-13H2,1-3H3,(H,32,36). The summed E-state index contributed by atoms with van der Waals surface area (Å²) in [5.41, 5.74) is 4.70. The molecule has 0 saturated heterocycles. The van der Waals surface area contributed by atoms with Crippen molar-refractivity contribution in [3.05, 3.63) is 89.3 Å². The SMILES string of the molecule is CN(C)CCC(=O)N(C)c1ccc(NC(=C2C(=O)Nc3cc(Cl)ccc32)c2ccc3c(c2)OC=CO3)cc1. The average Bonchev–Trinajstić information content (AvgIpc) is 3.24. The van der Waals surface area contributed by atoms with Crippen LogP contribution in [0.15, 0.2) is 73.2 Å². The van der Waals surface area contributed by atoms with E-state index in [0.29, 0.717) is 46.4 Å². The number of carbonyl (C=O) groups excluding carboxylic acids is 2. The maximum Gasteiger partial charge on any atom is 0.258 e. The molecule has 9 heteroatoms. The van der Waals surface area contributed by atoms with Gasteiger partial charge in [-0.2, -0.15) is 0 Å². The molecule has 0 aliphatic carbocycles. The van der Waals surface area contributed by atoms with Crippen molar-refractivity contribution in [3.63, 3.8) is 0 Å². The second-order valence-corrected chi connectivity index (χ2v) is 9.68. The molecule has 38 heavy (non-hydrogen) atoms. The van der Waals surface area contributed by atoms with E-state index >= 15 is 0 Å². The minimum Gasteiger partial charge on any atom is -0.458 e. The van der Waals surface area contributed by atoms with Crippen molar-refractivity contribution in [2.45, 2.75) is 6.42 Å². The van der Waals surface area contributed by atoms with Crippen LogP contribution in [0.3, 0.4) is 0 Å². The van der Waals surface area contributed by atoms with Gasteiger partial charge in [-0.15, -0.1) is 0 Å². The molecule has 0 fully saturated rings. The van der Waals surface area contributed by atoms with Crippen LogP contribution in [0.5, 0.6) is 11.5 Å². The highest BCUT2D eigenvalue weighted by Gasteiger charge is 2.29. The third-order valence-corrected chi connectivity index (χ3v) is 6.56. The number of halogens is 1. The Balaban J connectivity index is 1.50. The van der Waals surface area contributed by atoms with Gasteiger partial charge in [0, 0.05) is 47.5 Å². The first-order valence-corrected chi connectivity index (χ1v) is 12.4. The first-order chi connectivity index (χ1) is 18.3. The molecule has 2 heterocycles. The molecule has 8 nitrogen and oxygen atoms in total. The lowest BCUT2D eigenvalue weighted by atomic mass is 9.99. The molecule has 0 aromatic heterocycles. The second kappa shape index (κ2) is 10.6. The Bertz CT molecular complexity index is 1460. The molecule has 0 bridgehead atoms. The number of anilines is 3. The van der Waals surface area contributed by atoms with Gasteiger partial charge in [0.05, 0.1) is 17.0 Å². The quantitative estimate of drug-likeness (QED) is 0.396. The number of nitrogens with zero attached hydrogens (tertiary/aromatic N) is 2. The van der Waals surface area contributed by atoms with Crippen LogP contribution in [-0.2, 0) is 9.59 Å². The number of fused-ring (bicyclic) bond motifs is 2. The molecule has 0 spiro atoms. The van der Waals surface area contributed by atoms with Crippen LogP contribution in [0.2, 0.25) is 5.02 Å². The Morgan fingerprint density at radius 3 is 2.42 bits per heavy atom. The van der Waals surface area contributed by atoms with Gasteiger partial charge in [0.25, 0.3) is 5.91 Å². The molecule has 194 valence electrons. The summed E-state index contributed by atoms with van der Waals surface area (Å²) < 4.78 is 11.1. The fourth-order valence-electron chi connectivity index (χ4n) is 4.27. The summed E-state index contributed by atoms with van der Waals surface area (Å²) in [6.07, 6.45) is 3.35. The topological polar surface area (TPSA) is 83.1 Å². The van der Waals surface area contributed by atoms with Crippen molar-refractivity contribution in [2.24, 2.45) is 0 Å². The number of amides is 2. The van der Waals surface area contributed by atoms with E-state index in [1.165, 1.54) is 12.5 Å². The van der Waals surface area contributed by atoms with Crippen LogP contribution in [-0.4, -0.2) is 44.4 Å². The molecule has 2 N–H and O–H groups in total. The number of benzene rings is 3. The van der Waals surface area contributed by atoms with Crippen molar-refractivity contribution in [3.8, 4) is 11.5 Å². The van der Waals surface area contributed by atoms with Gasteiger partial charge in [0.2, 0.25) is 5.91 Å². The van der Waals surface area contributed by atoms with E-state index in [1.807, 2.05) is 61.5 Å². The highest BCUT2D eigenvalue weighted by molar-refractivity contribution is 6.38. The third-order valence-electron chi connectivity index (χ3n) is 6.33. The zero-order chi connectivity index (χ0) is 26.8. The summed E-state index contributed by atoms with van der Waals surface area (Å²) in [6, 6.07) is 18.3. The van der Waals surface area contributed by atoms with E-state index in [-0.39, 0.29) is 11.8 Å². The fourth-order valence-corrected chi connectivity index (χ4v) is 4.44. The predicted octanol–water partition coefficient (Wildman–Crippen LogP) is 5.43. The third kappa shape index (κ3) is 5.22. The number of ether oxygens (including phenoxy) is 2. The van der Waals surface area contributed by atoms with Gasteiger partial charge in [0.15, 0.2) is 11.5 Å². The Labute approximate surface area is 226 Å².